The van der Waals surface area contributed by atoms with E-state index in [0.29, 0.717) is 13.1 Å². The molecule has 0 spiro atoms. The fourth-order valence-electron chi connectivity index (χ4n) is 2.74. The van der Waals surface area contributed by atoms with Crippen molar-refractivity contribution in [1.29, 1.82) is 0 Å². The summed E-state index contributed by atoms with van der Waals surface area (Å²) in [5.74, 6) is 0.0311. The number of carbonyl (C=O) groups excluding carboxylic acids is 2. The molecule has 1 aliphatic carbocycles. The molecule has 118 valence electrons. The molecule has 0 aromatic rings. The Labute approximate surface area is 126 Å². The van der Waals surface area contributed by atoms with Crippen molar-refractivity contribution < 1.29 is 14.3 Å². The third-order valence-corrected chi connectivity index (χ3v) is 3.74. The summed E-state index contributed by atoms with van der Waals surface area (Å²) in [5, 5.41) is 3.05. The highest BCUT2D eigenvalue weighted by Crippen LogP contribution is 2.19. The first-order valence-electron chi connectivity index (χ1n) is 7.83. The normalized spacial score (nSPS) is 22.7. The van der Waals surface area contributed by atoms with E-state index in [1.165, 1.54) is 0 Å². The molecule has 2 aliphatic rings. The fourth-order valence-corrected chi connectivity index (χ4v) is 2.74. The second kappa shape index (κ2) is 6.50. The zero-order chi connectivity index (χ0) is 15.5. The first-order valence-corrected chi connectivity index (χ1v) is 7.83. The van der Waals surface area contributed by atoms with Gasteiger partial charge < -0.3 is 15.0 Å². The lowest BCUT2D eigenvalue weighted by atomic mass is 10.1. The highest BCUT2D eigenvalue weighted by molar-refractivity contribution is 5.94. The Morgan fingerprint density at radius 1 is 1.33 bits per heavy atom. The van der Waals surface area contributed by atoms with E-state index in [9.17, 15) is 9.59 Å². The highest BCUT2D eigenvalue weighted by Gasteiger charge is 2.28. The first kappa shape index (κ1) is 15.9. The molecule has 1 atom stereocenters. The molecular weight excluding hydrogens is 268 g/mol. The lowest BCUT2D eigenvalue weighted by Crippen LogP contribution is -2.50. The average molecular weight is 294 g/mol. The van der Waals surface area contributed by atoms with Gasteiger partial charge in [0.05, 0.1) is 0 Å². The number of likely N-dealkylation sites (tertiary alicyclic amines) is 1. The van der Waals surface area contributed by atoms with Crippen LogP contribution in [-0.2, 0) is 9.53 Å². The Morgan fingerprint density at radius 3 is 2.71 bits per heavy atom. The first-order chi connectivity index (χ1) is 9.85. The molecule has 1 saturated heterocycles. The maximum atomic E-state index is 12.1. The van der Waals surface area contributed by atoms with Gasteiger partial charge in [-0.05, 0) is 52.9 Å². The second-order valence-corrected chi connectivity index (χ2v) is 6.86. The predicted molar refractivity (Wildman–Crippen MR) is 80.9 cm³/mol. The third-order valence-electron chi connectivity index (χ3n) is 3.74. The number of piperidine rings is 1. The van der Waals surface area contributed by atoms with Crippen LogP contribution >= 0.6 is 0 Å². The molecule has 1 fully saturated rings. The van der Waals surface area contributed by atoms with E-state index >= 15 is 0 Å². The number of nitrogens with zero attached hydrogens (tertiary/aromatic N) is 1. The summed E-state index contributed by atoms with van der Waals surface area (Å²) in [6.07, 6.45) is 6.47. The fraction of sp³-hybridized carbons (Fsp3) is 0.750. The van der Waals surface area contributed by atoms with Gasteiger partial charge in [0.15, 0.2) is 0 Å². The average Bonchev–Trinajstić information content (AvgIpc) is 2.91. The summed E-state index contributed by atoms with van der Waals surface area (Å²) < 4.78 is 5.39. The van der Waals surface area contributed by atoms with E-state index in [1.807, 2.05) is 26.8 Å². The van der Waals surface area contributed by atoms with Crippen molar-refractivity contribution in [3.05, 3.63) is 11.6 Å². The number of hydrogen-bond donors (Lipinski definition) is 1. The van der Waals surface area contributed by atoms with E-state index < -0.39 is 5.60 Å². The van der Waals surface area contributed by atoms with Gasteiger partial charge in [-0.25, -0.2) is 4.79 Å². The van der Waals surface area contributed by atoms with Crippen LogP contribution in [0.2, 0.25) is 0 Å². The van der Waals surface area contributed by atoms with Crippen LogP contribution < -0.4 is 5.32 Å². The molecule has 5 nitrogen and oxygen atoms in total. The van der Waals surface area contributed by atoms with Gasteiger partial charge in [-0.3, -0.25) is 4.79 Å². The van der Waals surface area contributed by atoms with E-state index in [4.69, 9.17) is 4.74 Å². The Balaban J connectivity index is 1.85. The van der Waals surface area contributed by atoms with Crippen molar-refractivity contribution in [1.82, 2.24) is 10.2 Å². The summed E-state index contributed by atoms with van der Waals surface area (Å²) in [6.45, 7) is 6.82. The molecule has 1 N–H and O–H groups in total. The van der Waals surface area contributed by atoms with Crippen LogP contribution in [0, 0.1) is 0 Å². The minimum Gasteiger partial charge on any atom is -0.444 e. The Kier molecular flexibility index (Phi) is 4.91. The summed E-state index contributed by atoms with van der Waals surface area (Å²) in [5.41, 5.74) is 0.409. The zero-order valence-corrected chi connectivity index (χ0v) is 13.3. The largest absolute Gasteiger partial charge is 0.444 e. The molecule has 0 bridgehead atoms. The summed E-state index contributed by atoms with van der Waals surface area (Å²) in [4.78, 5) is 25.9. The number of amides is 2. The van der Waals surface area contributed by atoms with Gasteiger partial charge in [-0.1, -0.05) is 6.08 Å². The second-order valence-electron chi connectivity index (χ2n) is 6.86. The van der Waals surface area contributed by atoms with Crippen molar-refractivity contribution in [2.45, 2.75) is 64.5 Å². The minimum absolute atomic E-state index is 0.0280. The predicted octanol–water partition coefficient (Wildman–Crippen LogP) is 2.61. The van der Waals surface area contributed by atoms with Gasteiger partial charge in [0.25, 0.3) is 0 Å². The number of ether oxygens (including phenoxy) is 1. The molecule has 0 unspecified atom stereocenters. The molecular formula is C16H26N2O3. The lowest BCUT2D eigenvalue weighted by Gasteiger charge is -2.34. The van der Waals surface area contributed by atoms with Gasteiger partial charge in [-0.2, -0.15) is 0 Å². The summed E-state index contributed by atoms with van der Waals surface area (Å²) in [7, 11) is 0. The maximum Gasteiger partial charge on any atom is 0.410 e. The molecule has 1 heterocycles. The van der Waals surface area contributed by atoms with E-state index in [0.717, 1.165) is 37.7 Å². The van der Waals surface area contributed by atoms with Crippen LogP contribution in [-0.4, -0.2) is 41.6 Å². The van der Waals surface area contributed by atoms with Crippen LogP contribution in [0.15, 0.2) is 11.6 Å². The molecule has 1 aliphatic heterocycles. The maximum absolute atomic E-state index is 12.1. The molecule has 5 heteroatoms. The minimum atomic E-state index is -0.484. The van der Waals surface area contributed by atoms with Crippen molar-refractivity contribution in [2.75, 3.05) is 13.1 Å². The Bertz CT molecular complexity index is 437. The number of hydrogen-bond acceptors (Lipinski definition) is 3. The molecule has 2 rings (SSSR count). The SMILES string of the molecule is CC(C)(C)OC(=O)N1CCC[C@H](NC(=O)C2=CCCC2)C1. The smallest absolute Gasteiger partial charge is 0.410 e. The van der Waals surface area contributed by atoms with Crippen molar-refractivity contribution in [2.24, 2.45) is 0 Å². The van der Waals surface area contributed by atoms with Gasteiger partial charge in [0, 0.05) is 24.7 Å². The van der Waals surface area contributed by atoms with E-state index in [2.05, 4.69) is 5.32 Å². The van der Waals surface area contributed by atoms with Crippen molar-refractivity contribution >= 4 is 12.0 Å². The summed E-state index contributed by atoms with van der Waals surface area (Å²) in [6, 6.07) is 0.0280. The van der Waals surface area contributed by atoms with E-state index in [-0.39, 0.29) is 18.0 Å². The van der Waals surface area contributed by atoms with Gasteiger partial charge in [0.1, 0.15) is 5.60 Å². The van der Waals surface area contributed by atoms with Crippen LogP contribution in [0.3, 0.4) is 0 Å². The molecule has 0 aromatic heterocycles. The summed E-state index contributed by atoms with van der Waals surface area (Å²) >= 11 is 0. The third kappa shape index (κ3) is 4.76. The lowest BCUT2D eigenvalue weighted by molar-refractivity contribution is -0.118. The van der Waals surface area contributed by atoms with Crippen LogP contribution in [0.1, 0.15) is 52.9 Å². The van der Waals surface area contributed by atoms with Crippen LogP contribution in [0.4, 0.5) is 4.79 Å². The number of allylic oxidation sites excluding steroid dienone is 1. The number of carbonyl (C=O) groups is 2. The van der Waals surface area contributed by atoms with Crippen molar-refractivity contribution in [3.8, 4) is 0 Å². The Morgan fingerprint density at radius 2 is 2.10 bits per heavy atom. The van der Waals surface area contributed by atoms with Gasteiger partial charge in [-0.15, -0.1) is 0 Å². The molecule has 0 radical (unpaired) electrons. The zero-order valence-electron chi connectivity index (χ0n) is 13.3. The van der Waals surface area contributed by atoms with Crippen molar-refractivity contribution in [3.63, 3.8) is 0 Å². The van der Waals surface area contributed by atoms with Gasteiger partial charge >= 0.3 is 6.09 Å². The Hall–Kier alpha value is -1.52. The number of nitrogens with one attached hydrogen (secondary N) is 1. The highest BCUT2D eigenvalue weighted by atomic mass is 16.6. The monoisotopic (exact) mass is 294 g/mol. The molecule has 2 amide bonds. The van der Waals surface area contributed by atoms with E-state index in [1.54, 1.807) is 4.90 Å². The standard InChI is InChI=1S/C16H26N2O3/c1-16(2,3)21-15(20)18-10-6-9-13(11-18)17-14(19)12-7-4-5-8-12/h7,13H,4-6,8-11H2,1-3H3,(H,17,19)/t13-/m0/s1. The molecule has 21 heavy (non-hydrogen) atoms. The topological polar surface area (TPSA) is 58.6 Å². The number of rotatable bonds is 2. The molecule has 0 aromatic carbocycles. The van der Waals surface area contributed by atoms with Crippen LogP contribution in [0.25, 0.3) is 0 Å². The molecule has 0 saturated carbocycles. The quantitative estimate of drug-likeness (QED) is 0.851. The van der Waals surface area contributed by atoms with Gasteiger partial charge in [0.2, 0.25) is 5.91 Å². The van der Waals surface area contributed by atoms with Crippen LogP contribution in [0.5, 0.6) is 0 Å².